The van der Waals surface area contributed by atoms with Gasteiger partial charge in [-0.3, -0.25) is 4.99 Å². The molecule has 1 aromatic heterocycles. The van der Waals surface area contributed by atoms with Crippen molar-refractivity contribution in [3.8, 4) is 16.9 Å². The molecule has 0 unspecified atom stereocenters. The third kappa shape index (κ3) is 5.27. The van der Waals surface area contributed by atoms with Crippen molar-refractivity contribution < 1.29 is 31.1 Å². The standard InChI is InChI=1S/C23H17F6N3O/c24-22(25,26)16-7-4-14(5-8-16)15-6-9-19-18(12-15)21(30-10-11-33-19)31-13-17-2-1-3-20(32-17)23(27,28)29/h1-9,12H,10-11,13H2,(H,30,31). The number of pyridine rings is 1. The fraction of sp³-hybridized carbons (Fsp3) is 0.217. The van der Waals surface area contributed by atoms with Crippen LogP contribution in [-0.4, -0.2) is 24.0 Å². The van der Waals surface area contributed by atoms with Crippen LogP contribution in [0.1, 0.15) is 22.5 Å². The number of benzene rings is 2. The predicted molar refractivity (Wildman–Crippen MR) is 110 cm³/mol. The summed E-state index contributed by atoms with van der Waals surface area (Å²) in [4.78, 5) is 8.05. The molecule has 0 amide bonds. The van der Waals surface area contributed by atoms with Crippen LogP contribution in [0, 0.1) is 0 Å². The molecule has 1 aliphatic heterocycles. The molecule has 0 radical (unpaired) electrons. The molecular formula is C23H17F6N3O. The number of amidine groups is 1. The molecule has 3 aromatic rings. The number of aromatic nitrogens is 1. The number of rotatable bonds is 3. The van der Waals surface area contributed by atoms with Gasteiger partial charge in [0.15, 0.2) is 0 Å². The van der Waals surface area contributed by atoms with Gasteiger partial charge < -0.3 is 10.1 Å². The summed E-state index contributed by atoms with van der Waals surface area (Å²) in [6.45, 7) is 0.620. The number of nitrogens with one attached hydrogen (secondary N) is 1. The second-order valence-electron chi connectivity index (χ2n) is 7.23. The lowest BCUT2D eigenvalue weighted by Crippen LogP contribution is -2.25. The van der Waals surface area contributed by atoms with Gasteiger partial charge in [0.05, 0.1) is 29.9 Å². The average molecular weight is 465 g/mol. The van der Waals surface area contributed by atoms with Crippen LogP contribution in [0.25, 0.3) is 11.1 Å². The van der Waals surface area contributed by atoms with E-state index in [-0.39, 0.29) is 12.2 Å². The zero-order valence-electron chi connectivity index (χ0n) is 17.0. The van der Waals surface area contributed by atoms with Gasteiger partial charge in [-0.05, 0) is 47.5 Å². The molecule has 4 rings (SSSR count). The van der Waals surface area contributed by atoms with Crippen LogP contribution >= 0.6 is 0 Å². The third-order valence-corrected chi connectivity index (χ3v) is 4.93. The molecule has 0 aliphatic carbocycles. The van der Waals surface area contributed by atoms with Crippen molar-refractivity contribution in [2.75, 3.05) is 13.2 Å². The highest BCUT2D eigenvalue weighted by molar-refractivity contribution is 6.02. The highest BCUT2D eigenvalue weighted by Gasteiger charge is 2.32. The Morgan fingerprint density at radius 2 is 1.58 bits per heavy atom. The molecule has 0 atom stereocenters. The molecule has 2 aromatic carbocycles. The first-order valence-electron chi connectivity index (χ1n) is 9.87. The van der Waals surface area contributed by atoms with E-state index in [4.69, 9.17) is 4.74 Å². The Labute approximate surface area is 185 Å². The molecule has 0 saturated carbocycles. The van der Waals surface area contributed by atoms with Gasteiger partial charge in [0.2, 0.25) is 0 Å². The molecule has 0 fully saturated rings. The Bertz CT molecular complexity index is 1170. The van der Waals surface area contributed by atoms with Gasteiger partial charge in [-0.25, -0.2) is 4.98 Å². The van der Waals surface area contributed by atoms with Crippen LogP contribution in [0.2, 0.25) is 0 Å². The first-order chi connectivity index (χ1) is 15.6. The molecule has 33 heavy (non-hydrogen) atoms. The zero-order chi connectivity index (χ0) is 23.6. The maximum Gasteiger partial charge on any atom is 0.433 e. The van der Waals surface area contributed by atoms with Crippen molar-refractivity contribution in [1.82, 2.24) is 10.3 Å². The number of aliphatic imine (C=N–C) groups is 1. The Balaban J connectivity index is 1.59. The number of hydrogen-bond donors (Lipinski definition) is 1. The molecule has 10 heteroatoms. The van der Waals surface area contributed by atoms with Gasteiger partial charge in [-0.1, -0.05) is 24.3 Å². The van der Waals surface area contributed by atoms with E-state index in [0.29, 0.717) is 41.4 Å². The fourth-order valence-electron chi connectivity index (χ4n) is 3.33. The summed E-state index contributed by atoms with van der Waals surface area (Å²) in [5, 5.41) is 3.01. The average Bonchev–Trinajstić information content (AvgIpc) is 2.98. The van der Waals surface area contributed by atoms with Crippen molar-refractivity contribution in [2.45, 2.75) is 18.9 Å². The summed E-state index contributed by atoms with van der Waals surface area (Å²) in [5.74, 6) is 0.905. The Morgan fingerprint density at radius 1 is 0.848 bits per heavy atom. The number of halogens is 6. The Morgan fingerprint density at radius 3 is 2.27 bits per heavy atom. The normalized spacial score (nSPS) is 14.1. The summed E-state index contributed by atoms with van der Waals surface area (Å²) >= 11 is 0. The quantitative estimate of drug-likeness (QED) is 0.504. The van der Waals surface area contributed by atoms with E-state index < -0.39 is 23.6 Å². The summed E-state index contributed by atoms with van der Waals surface area (Å²) in [6, 6.07) is 13.5. The maximum absolute atomic E-state index is 12.9. The topological polar surface area (TPSA) is 46.5 Å². The SMILES string of the molecule is FC(F)(F)c1ccc(-c2ccc3c(c2)C(NCc2cccc(C(F)(F)F)n2)=NCCO3)cc1. The van der Waals surface area contributed by atoms with Crippen molar-refractivity contribution >= 4 is 5.84 Å². The Hall–Kier alpha value is -3.56. The van der Waals surface area contributed by atoms with Gasteiger partial charge in [0.1, 0.15) is 23.9 Å². The van der Waals surface area contributed by atoms with Gasteiger partial charge in [0.25, 0.3) is 0 Å². The molecule has 0 saturated heterocycles. The van der Waals surface area contributed by atoms with E-state index in [1.807, 2.05) is 0 Å². The molecule has 172 valence electrons. The molecule has 2 heterocycles. The number of hydrogen-bond acceptors (Lipinski definition) is 4. The van der Waals surface area contributed by atoms with E-state index in [1.54, 1.807) is 18.2 Å². The van der Waals surface area contributed by atoms with E-state index in [9.17, 15) is 26.3 Å². The first kappa shape index (κ1) is 22.6. The molecule has 1 aliphatic rings. The highest BCUT2D eigenvalue weighted by atomic mass is 19.4. The van der Waals surface area contributed by atoms with Gasteiger partial charge >= 0.3 is 12.4 Å². The first-order valence-corrected chi connectivity index (χ1v) is 9.87. The third-order valence-electron chi connectivity index (χ3n) is 4.93. The van der Waals surface area contributed by atoms with Gasteiger partial charge in [-0.15, -0.1) is 0 Å². The van der Waals surface area contributed by atoms with Crippen LogP contribution in [0.5, 0.6) is 5.75 Å². The predicted octanol–water partition coefficient (Wildman–Crippen LogP) is 5.72. The van der Waals surface area contributed by atoms with Crippen molar-refractivity contribution in [1.29, 1.82) is 0 Å². The molecule has 0 bridgehead atoms. The summed E-state index contributed by atoms with van der Waals surface area (Å²) < 4.78 is 83.0. The lowest BCUT2D eigenvalue weighted by Gasteiger charge is -2.14. The van der Waals surface area contributed by atoms with Crippen LogP contribution in [0.15, 0.2) is 65.7 Å². The maximum atomic E-state index is 12.9. The van der Waals surface area contributed by atoms with Crippen LogP contribution < -0.4 is 10.1 Å². The summed E-state index contributed by atoms with van der Waals surface area (Å²) in [6.07, 6.45) is -8.98. The van der Waals surface area contributed by atoms with Crippen molar-refractivity contribution in [2.24, 2.45) is 4.99 Å². The number of ether oxygens (including phenoxy) is 1. The monoisotopic (exact) mass is 465 g/mol. The Kier molecular flexibility index (Phi) is 6.01. The lowest BCUT2D eigenvalue weighted by atomic mass is 10.0. The minimum atomic E-state index is -4.55. The number of fused-ring (bicyclic) bond motifs is 1. The second kappa shape index (κ2) is 8.76. The molecule has 1 N–H and O–H groups in total. The molecule has 0 spiro atoms. The fourth-order valence-corrected chi connectivity index (χ4v) is 3.33. The van der Waals surface area contributed by atoms with E-state index in [1.165, 1.54) is 24.3 Å². The second-order valence-corrected chi connectivity index (χ2v) is 7.23. The zero-order valence-corrected chi connectivity index (χ0v) is 17.0. The summed E-state index contributed by atoms with van der Waals surface area (Å²) in [7, 11) is 0. The van der Waals surface area contributed by atoms with Gasteiger partial charge in [-0.2, -0.15) is 26.3 Å². The van der Waals surface area contributed by atoms with Crippen molar-refractivity contribution in [3.63, 3.8) is 0 Å². The molecule has 4 nitrogen and oxygen atoms in total. The van der Waals surface area contributed by atoms with Crippen molar-refractivity contribution in [3.05, 3.63) is 83.2 Å². The largest absolute Gasteiger partial charge is 0.491 e. The molecular weight excluding hydrogens is 448 g/mol. The number of nitrogens with zero attached hydrogens (tertiary/aromatic N) is 2. The minimum absolute atomic E-state index is 0.00724. The van der Waals surface area contributed by atoms with E-state index in [2.05, 4.69) is 15.3 Å². The van der Waals surface area contributed by atoms with Gasteiger partial charge in [0, 0.05) is 0 Å². The van der Waals surface area contributed by atoms with E-state index in [0.717, 1.165) is 18.2 Å². The highest BCUT2D eigenvalue weighted by Crippen LogP contribution is 2.33. The number of alkyl halides is 6. The minimum Gasteiger partial charge on any atom is -0.491 e. The lowest BCUT2D eigenvalue weighted by molar-refractivity contribution is -0.141. The smallest absolute Gasteiger partial charge is 0.433 e. The van der Waals surface area contributed by atoms with Crippen LogP contribution in [0.3, 0.4) is 0 Å². The van der Waals surface area contributed by atoms with E-state index >= 15 is 0 Å². The van der Waals surface area contributed by atoms with Crippen LogP contribution in [0.4, 0.5) is 26.3 Å². The summed E-state index contributed by atoms with van der Waals surface area (Å²) in [5.41, 5.74) is 0.198. The van der Waals surface area contributed by atoms with Crippen LogP contribution in [-0.2, 0) is 18.9 Å².